The van der Waals surface area contributed by atoms with E-state index in [4.69, 9.17) is 10.00 Å². The third-order valence-electron chi connectivity index (χ3n) is 3.38. The van der Waals surface area contributed by atoms with Crippen molar-refractivity contribution in [2.45, 2.75) is 19.8 Å². The molecule has 5 heteroatoms. The number of thiophene rings is 1. The number of benzene rings is 1. The van der Waals surface area contributed by atoms with E-state index >= 15 is 0 Å². The van der Waals surface area contributed by atoms with Gasteiger partial charge in [-0.2, -0.15) is 5.26 Å². The lowest BCUT2D eigenvalue weighted by atomic mass is 10.0. The Labute approximate surface area is 145 Å². The Morgan fingerprint density at radius 3 is 2.50 bits per heavy atom. The molecule has 0 spiro atoms. The van der Waals surface area contributed by atoms with Gasteiger partial charge in [-0.15, -0.1) is 11.3 Å². The molecule has 0 aliphatic carbocycles. The van der Waals surface area contributed by atoms with E-state index in [1.54, 1.807) is 17.5 Å². The molecule has 2 aromatic rings. The van der Waals surface area contributed by atoms with Crippen molar-refractivity contribution in [2.24, 2.45) is 0 Å². The molecule has 122 valence electrons. The number of Topliss-reactive ketones (excluding diaryl/α,β-unsaturated/α-hetero) is 1. The number of nitriles is 1. The minimum absolute atomic E-state index is 0.133. The number of ether oxygens (including phenoxy) is 1. The fourth-order valence-electron chi connectivity index (χ4n) is 2.00. The second-order valence-corrected chi connectivity index (χ2v) is 6.42. The first-order chi connectivity index (χ1) is 11.5. The first kappa shape index (κ1) is 17.6. The SMILES string of the molecule is CC(C)c1ccc(/C=C(\C#N)C(=O)OCC(=O)c2cccs2)cc1. The van der Waals surface area contributed by atoms with Gasteiger partial charge in [0.1, 0.15) is 11.6 Å². The maximum absolute atomic E-state index is 12.0. The summed E-state index contributed by atoms with van der Waals surface area (Å²) in [6.45, 7) is 3.81. The quantitative estimate of drug-likeness (QED) is 0.342. The number of carbonyl (C=O) groups is 2. The van der Waals surface area contributed by atoms with Crippen LogP contribution in [0.15, 0.2) is 47.4 Å². The van der Waals surface area contributed by atoms with E-state index in [1.807, 2.05) is 30.3 Å². The Bertz CT molecular complexity index is 781. The predicted molar refractivity (Wildman–Crippen MR) is 93.7 cm³/mol. The minimum Gasteiger partial charge on any atom is -0.453 e. The highest BCUT2D eigenvalue weighted by molar-refractivity contribution is 7.12. The average molecular weight is 339 g/mol. The molecule has 0 N–H and O–H groups in total. The molecule has 4 nitrogen and oxygen atoms in total. The molecular weight excluding hydrogens is 322 g/mol. The number of ketones is 1. The number of rotatable bonds is 6. The maximum Gasteiger partial charge on any atom is 0.349 e. The summed E-state index contributed by atoms with van der Waals surface area (Å²) in [6, 6.07) is 12.8. The van der Waals surface area contributed by atoms with E-state index < -0.39 is 5.97 Å². The Morgan fingerprint density at radius 1 is 1.25 bits per heavy atom. The molecule has 0 saturated heterocycles. The van der Waals surface area contributed by atoms with Gasteiger partial charge in [0.25, 0.3) is 0 Å². The normalized spacial score (nSPS) is 11.2. The highest BCUT2D eigenvalue weighted by atomic mass is 32.1. The van der Waals surface area contributed by atoms with Crippen molar-refractivity contribution in [1.82, 2.24) is 0 Å². The highest BCUT2D eigenvalue weighted by Crippen LogP contribution is 2.16. The van der Waals surface area contributed by atoms with Crippen LogP contribution in [0.2, 0.25) is 0 Å². The summed E-state index contributed by atoms with van der Waals surface area (Å²) in [5.41, 5.74) is 1.78. The Hall–Kier alpha value is -2.71. The van der Waals surface area contributed by atoms with Crippen molar-refractivity contribution in [1.29, 1.82) is 5.26 Å². The summed E-state index contributed by atoms with van der Waals surface area (Å²) in [5.74, 6) is -0.668. The minimum atomic E-state index is -0.796. The summed E-state index contributed by atoms with van der Waals surface area (Å²) < 4.78 is 4.94. The van der Waals surface area contributed by atoms with E-state index in [1.165, 1.54) is 23.0 Å². The Kier molecular flexibility index (Phi) is 6.05. The number of carbonyl (C=O) groups excluding carboxylic acids is 2. The molecule has 0 saturated carbocycles. The summed E-state index contributed by atoms with van der Waals surface area (Å²) in [5, 5.41) is 10.9. The summed E-state index contributed by atoms with van der Waals surface area (Å²) in [6.07, 6.45) is 1.46. The second-order valence-electron chi connectivity index (χ2n) is 5.47. The van der Waals surface area contributed by atoms with Crippen LogP contribution in [0.5, 0.6) is 0 Å². The van der Waals surface area contributed by atoms with Crippen LogP contribution < -0.4 is 0 Å². The molecule has 1 aromatic heterocycles. The molecule has 2 rings (SSSR count). The van der Waals surface area contributed by atoms with Crippen molar-refractivity contribution in [3.63, 3.8) is 0 Å². The topological polar surface area (TPSA) is 67.2 Å². The number of nitrogens with zero attached hydrogens (tertiary/aromatic N) is 1. The van der Waals surface area contributed by atoms with Crippen LogP contribution in [0.1, 0.15) is 40.6 Å². The molecule has 0 aliphatic heterocycles. The van der Waals surface area contributed by atoms with E-state index in [2.05, 4.69) is 13.8 Å². The van der Waals surface area contributed by atoms with Crippen molar-refractivity contribution in [3.8, 4) is 6.07 Å². The van der Waals surface area contributed by atoms with Gasteiger partial charge in [0.05, 0.1) is 4.88 Å². The highest BCUT2D eigenvalue weighted by Gasteiger charge is 2.14. The van der Waals surface area contributed by atoms with Gasteiger partial charge < -0.3 is 4.74 Å². The second kappa shape index (κ2) is 8.23. The van der Waals surface area contributed by atoms with E-state index in [0.29, 0.717) is 10.8 Å². The molecule has 0 atom stereocenters. The van der Waals surface area contributed by atoms with Crippen LogP contribution in [0.3, 0.4) is 0 Å². The monoisotopic (exact) mass is 339 g/mol. The molecule has 0 radical (unpaired) electrons. The van der Waals surface area contributed by atoms with Gasteiger partial charge in [-0.1, -0.05) is 44.2 Å². The summed E-state index contributed by atoms with van der Waals surface area (Å²) in [7, 11) is 0. The predicted octanol–water partition coefficient (Wildman–Crippen LogP) is 4.20. The first-order valence-corrected chi connectivity index (χ1v) is 8.35. The smallest absolute Gasteiger partial charge is 0.349 e. The van der Waals surface area contributed by atoms with Gasteiger partial charge in [-0.05, 0) is 34.6 Å². The lowest BCUT2D eigenvalue weighted by Crippen LogP contribution is -2.14. The van der Waals surface area contributed by atoms with Gasteiger partial charge >= 0.3 is 5.97 Å². The van der Waals surface area contributed by atoms with Crippen LogP contribution in [-0.4, -0.2) is 18.4 Å². The molecule has 0 amide bonds. The van der Waals surface area contributed by atoms with Crippen LogP contribution in [-0.2, 0) is 9.53 Å². The Balaban J connectivity index is 2.03. The third-order valence-corrected chi connectivity index (χ3v) is 4.30. The average Bonchev–Trinajstić information content (AvgIpc) is 3.12. The zero-order chi connectivity index (χ0) is 17.5. The van der Waals surface area contributed by atoms with Crippen LogP contribution in [0, 0.1) is 11.3 Å². The fraction of sp³-hybridized carbons (Fsp3) is 0.211. The number of esters is 1. The third kappa shape index (κ3) is 4.64. The number of hydrogen-bond acceptors (Lipinski definition) is 5. The van der Waals surface area contributed by atoms with Crippen LogP contribution >= 0.6 is 11.3 Å². The standard InChI is InChI=1S/C19H17NO3S/c1-13(2)15-7-5-14(6-8-15)10-16(11-20)19(22)23-12-17(21)18-4-3-9-24-18/h3-10,13H,12H2,1-2H3/b16-10+. The van der Waals surface area contributed by atoms with E-state index in [9.17, 15) is 9.59 Å². The van der Waals surface area contributed by atoms with E-state index in [0.717, 1.165) is 5.56 Å². The van der Waals surface area contributed by atoms with Gasteiger partial charge in [-0.3, -0.25) is 4.79 Å². The van der Waals surface area contributed by atoms with Gasteiger partial charge in [0.2, 0.25) is 5.78 Å². The lowest BCUT2D eigenvalue weighted by molar-refractivity contribution is -0.137. The molecule has 0 aliphatic rings. The van der Waals surface area contributed by atoms with E-state index in [-0.39, 0.29) is 18.0 Å². The fourth-order valence-corrected chi connectivity index (χ4v) is 2.65. The van der Waals surface area contributed by atoms with Gasteiger partial charge in [0, 0.05) is 0 Å². The molecule has 1 heterocycles. The maximum atomic E-state index is 12.0. The zero-order valence-corrected chi connectivity index (χ0v) is 14.3. The molecule has 1 aromatic carbocycles. The molecule has 24 heavy (non-hydrogen) atoms. The van der Waals surface area contributed by atoms with Crippen LogP contribution in [0.25, 0.3) is 6.08 Å². The Morgan fingerprint density at radius 2 is 1.96 bits per heavy atom. The van der Waals surface area contributed by atoms with Crippen molar-refractivity contribution in [2.75, 3.05) is 6.61 Å². The van der Waals surface area contributed by atoms with Gasteiger partial charge in [0.15, 0.2) is 6.61 Å². The van der Waals surface area contributed by atoms with Crippen molar-refractivity contribution >= 4 is 29.2 Å². The van der Waals surface area contributed by atoms with Gasteiger partial charge in [-0.25, -0.2) is 4.79 Å². The summed E-state index contributed by atoms with van der Waals surface area (Å²) in [4.78, 5) is 24.3. The molecule has 0 bridgehead atoms. The lowest BCUT2D eigenvalue weighted by Gasteiger charge is -2.05. The largest absolute Gasteiger partial charge is 0.453 e. The molecule has 0 unspecified atom stereocenters. The van der Waals surface area contributed by atoms with Crippen molar-refractivity contribution < 1.29 is 14.3 Å². The zero-order valence-electron chi connectivity index (χ0n) is 13.5. The number of hydrogen-bond donors (Lipinski definition) is 0. The van der Waals surface area contributed by atoms with Crippen LogP contribution in [0.4, 0.5) is 0 Å². The molecular formula is C19H17NO3S. The molecule has 0 fully saturated rings. The summed E-state index contributed by atoms with van der Waals surface area (Å²) >= 11 is 1.28. The van der Waals surface area contributed by atoms with Crippen molar-refractivity contribution in [3.05, 3.63) is 63.4 Å². The first-order valence-electron chi connectivity index (χ1n) is 7.47.